The number of likely N-dealkylation sites (tertiary alicyclic amines) is 1. The van der Waals surface area contributed by atoms with Crippen LogP contribution >= 0.6 is 0 Å². The Bertz CT molecular complexity index is 1590. The van der Waals surface area contributed by atoms with Gasteiger partial charge >= 0.3 is 12.1 Å². The fourth-order valence-electron chi connectivity index (χ4n) is 5.85. The molecule has 13 heteroatoms. The molecule has 1 aromatic carbocycles. The average molecular weight is 587 g/mol. The molecule has 6 rings (SSSR count). The average Bonchev–Trinajstić information content (AvgIpc) is 3.25. The number of nitrogens with zero attached hydrogens (tertiary/aromatic N) is 6. The number of hydrogen-bond donors (Lipinski definition) is 0. The minimum absolute atomic E-state index is 0.0437. The number of imidazole rings is 1. The maximum atomic E-state index is 13.2. The van der Waals surface area contributed by atoms with Crippen molar-refractivity contribution in [2.24, 2.45) is 7.05 Å². The quantitative estimate of drug-likeness (QED) is 0.284. The van der Waals surface area contributed by atoms with Crippen LogP contribution in [0.1, 0.15) is 37.4 Å². The van der Waals surface area contributed by atoms with E-state index in [0.717, 1.165) is 40.6 Å². The molecule has 0 unspecified atom stereocenters. The SMILES string of the molecule is Cn1c(=O)n(C2CCOCC2)c2c3cc(-c4ccc(COCCN5CCC(OC(F)(F)F)CC5)nc4)ccc3nnc21. The molecule has 3 aromatic heterocycles. The van der Waals surface area contributed by atoms with Crippen molar-refractivity contribution in [1.29, 1.82) is 0 Å². The van der Waals surface area contributed by atoms with Gasteiger partial charge in [0.1, 0.15) is 5.52 Å². The lowest BCUT2D eigenvalue weighted by Crippen LogP contribution is -2.40. The molecule has 2 fully saturated rings. The second-order valence-electron chi connectivity index (χ2n) is 10.9. The summed E-state index contributed by atoms with van der Waals surface area (Å²) in [5, 5.41) is 9.61. The Morgan fingerprint density at radius 3 is 2.50 bits per heavy atom. The van der Waals surface area contributed by atoms with Crippen molar-refractivity contribution in [3.63, 3.8) is 0 Å². The van der Waals surface area contributed by atoms with Crippen LogP contribution in [-0.4, -0.2) is 81.1 Å². The van der Waals surface area contributed by atoms with Gasteiger partial charge in [-0.15, -0.1) is 23.4 Å². The Kier molecular flexibility index (Phi) is 8.26. The van der Waals surface area contributed by atoms with Gasteiger partial charge in [0.05, 0.1) is 30.5 Å². The van der Waals surface area contributed by atoms with Crippen molar-refractivity contribution in [2.45, 2.75) is 50.8 Å². The highest BCUT2D eigenvalue weighted by Gasteiger charge is 2.35. The summed E-state index contributed by atoms with van der Waals surface area (Å²) in [6, 6.07) is 9.87. The summed E-state index contributed by atoms with van der Waals surface area (Å²) >= 11 is 0. The molecule has 2 aliphatic rings. The van der Waals surface area contributed by atoms with Crippen molar-refractivity contribution < 1.29 is 27.4 Å². The van der Waals surface area contributed by atoms with E-state index in [-0.39, 0.29) is 11.7 Å². The third kappa shape index (κ3) is 6.19. The van der Waals surface area contributed by atoms with Crippen LogP contribution < -0.4 is 5.69 Å². The fraction of sp³-hybridized carbons (Fsp3) is 0.517. The summed E-state index contributed by atoms with van der Waals surface area (Å²) in [6.45, 7) is 3.78. The predicted octanol–water partition coefficient (Wildman–Crippen LogP) is 4.21. The van der Waals surface area contributed by atoms with Crippen molar-refractivity contribution in [1.82, 2.24) is 29.2 Å². The molecule has 2 aliphatic heterocycles. The Labute approximate surface area is 240 Å². The first-order valence-corrected chi connectivity index (χ1v) is 14.2. The summed E-state index contributed by atoms with van der Waals surface area (Å²) < 4.78 is 56.1. The molecule has 42 heavy (non-hydrogen) atoms. The summed E-state index contributed by atoms with van der Waals surface area (Å²) in [4.78, 5) is 19.9. The van der Waals surface area contributed by atoms with Gasteiger partial charge in [0, 0.05) is 63.1 Å². The summed E-state index contributed by atoms with van der Waals surface area (Å²) in [5.74, 6) is 0. The first-order valence-electron chi connectivity index (χ1n) is 14.2. The van der Waals surface area contributed by atoms with Crippen LogP contribution in [0.4, 0.5) is 13.2 Å². The number of aromatic nitrogens is 5. The van der Waals surface area contributed by atoms with Gasteiger partial charge < -0.3 is 14.4 Å². The van der Waals surface area contributed by atoms with E-state index in [1.165, 1.54) is 0 Å². The Morgan fingerprint density at radius 1 is 1.02 bits per heavy atom. The van der Waals surface area contributed by atoms with Gasteiger partial charge in [-0.2, -0.15) is 0 Å². The molecule has 2 saturated heterocycles. The second kappa shape index (κ2) is 12.1. The minimum atomic E-state index is -4.58. The first-order chi connectivity index (χ1) is 20.3. The lowest BCUT2D eigenvalue weighted by Gasteiger charge is -2.31. The van der Waals surface area contributed by atoms with E-state index in [0.29, 0.717) is 70.1 Å². The minimum Gasteiger partial charge on any atom is -0.381 e. The van der Waals surface area contributed by atoms with Crippen LogP contribution in [0.5, 0.6) is 0 Å². The number of pyridine rings is 1. The molecule has 5 heterocycles. The Morgan fingerprint density at radius 2 is 1.79 bits per heavy atom. The third-order valence-corrected chi connectivity index (χ3v) is 8.12. The molecule has 0 spiro atoms. The standard InChI is InChI=1S/C29H33F3N6O4/c1-36-27-26(38(28(36)39)22-8-13-40-14-9-22)24-16-19(3-5-25(24)34-35-27)20-2-4-21(33-17-20)18-41-15-12-37-10-6-23(7-11-37)42-29(30,31)32/h2-5,16-17,22-23H,6-15,18H2,1H3. The van der Waals surface area contributed by atoms with Gasteiger partial charge in [0.2, 0.25) is 0 Å². The van der Waals surface area contributed by atoms with E-state index in [1.807, 2.05) is 34.9 Å². The third-order valence-electron chi connectivity index (χ3n) is 8.12. The van der Waals surface area contributed by atoms with Crippen LogP contribution in [0.25, 0.3) is 33.2 Å². The number of hydrogen-bond acceptors (Lipinski definition) is 8. The summed E-state index contributed by atoms with van der Waals surface area (Å²) in [6.07, 6.45) is -1.30. The molecule has 0 amide bonds. The molecule has 0 radical (unpaired) electrons. The van der Waals surface area contributed by atoms with Crippen LogP contribution in [-0.2, 0) is 27.9 Å². The highest BCUT2D eigenvalue weighted by Crippen LogP contribution is 2.31. The maximum Gasteiger partial charge on any atom is 0.522 e. The number of aryl methyl sites for hydroxylation is 1. The topological polar surface area (TPSA) is 96.5 Å². The first kappa shape index (κ1) is 28.7. The number of piperidine rings is 1. The molecule has 0 N–H and O–H groups in total. The van der Waals surface area contributed by atoms with E-state index in [2.05, 4.69) is 24.8 Å². The van der Waals surface area contributed by atoms with Gasteiger partial charge in [-0.1, -0.05) is 12.1 Å². The number of rotatable bonds is 8. The van der Waals surface area contributed by atoms with Crippen LogP contribution in [0.15, 0.2) is 41.3 Å². The fourth-order valence-corrected chi connectivity index (χ4v) is 5.85. The number of fused-ring (bicyclic) bond motifs is 3. The molecule has 0 bridgehead atoms. The summed E-state index contributed by atoms with van der Waals surface area (Å²) in [7, 11) is 1.73. The zero-order valence-electron chi connectivity index (χ0n) is 23.3. The van der Waals surface area contributed by atoms with Crippen LogP contribution in [0.3, 0.4) is 0 Å². The van der Waals surface area contributed by atoms with E-state index < -0.39 is 12.5 Å². The van der Waals surface area contributed by atoms with E-state index in [4.69, 9.17) is 9.47 Å². The molecule has 0 aliphatic carbocycles. The largest absolute Gasteiger partial charge is 0.522 e. The predicted molar refractivity (Wildman–Crippen MR) is 149 cm³/mol. The molecule has 0 saturated carbocycles. The number of ether oxygens (including phenoxy) is 3. The van der Waals surface area contributed by atoms with E-state index in [9.17, 15) is 18.0 Å². The molecular formula is C29H33F3N6O4. The van der Waals surface area contributed by atoms with Crippen molar-refractivity contribution in [3.8, 4) is 11.1 Å². The Balaban J connectivity index is 1.11. The Hall–Kier alpha value is -3.39. The molecule has 10 nitrogen and oxygen atoms in total. The van der Waals surface area contributed by atoms with Crippen molar-refractivity contribution in [2.75, 3.05) is 39.5 Å². The van der Waals surface area contributed by atoms with Gasteiger partial charge in [-0.3, -0.25) is 18.9 Å². The lowest BCUT2D eigenvalue weighted by molar-refractivity contribution is -0.345. The van der Waals surface area contributed by atoms with Crippen LogP contribution in [0, 0.1) is 0 Å². The molecule has 4 aromatic rings. The monoisotopic (exact) mass is 586 g/mol. The van der Waals surface area contributed by atoms with Crippen molar-refractivity contribution >= 4 is 22.1 Å². The normalized spacial score (nSPS) is 17.9. The van der Waals surface area contributed by atoms with E-state index in [1.54, 1.807) is 17.8 Å². The number of alkyl halides is 3. The number of halogens is 3. The van der Waals surface area contributed by atoms with Gasteiger partial charge in [-0.25, -0.2) is 4.79 Å². The molecule has 0 atom stereocenters. The maximum absolute atomic E-state index is 13.2. The zero-order valence-corrected chi connectivity index (χ0v) is 23.3. The second-order valence-corrected chi connectivity index (χ2v) is 10.9. The summed E-state index contributed by atoms with van der Waals surface area (Å²) in [5.41, 5.74) is 4.61. The number of benzene rings is 1. The smallest absolute Gasteiger partial charge is 0.381 e. The lowest BCUT2D eigenvalue weighted by atomic mass is 10.0. The van der Waals surface area contributed by atoms with E-state index >= 15 is 0 Å². The highest BCUT2D eigenvalue weighted by atomic mass is 19.4. The van der Waals surface area contributed by atoms with Crippen LogP contribution in [0.2, 0.25) is 0 Å². The zero-order chi connectivity index (χ0) is 29.3. The van der Waals surface area contributed by atoms with Gasteiger partial charge in [0.15, 0.2) is 5.65 Å². The van der Waals surface area contributed by atoms with Gasteiger partial charge in [-0.05, 0) is 49.4 Å². The highest BCUT2D eigenvalue weighted by molar-refractivity contribution is 6.02. The van der Waals surface area contributed by atoms with Crippen molar-refractivity contribution in [3.05, 3.63) is 52.7 Å². The molecule has 224 valence electrons. The molecular weight excluding hydrogens is 553 g/mol. The van der Waals surface area contributed by atoms with Gasteiger partial charge in [0.25, 0.3) is 0 Å².